The van der Waals surface area contributed by atoms with Crippen molar-refractivity contribution >= 4 is 16.6 Å². The number of hydrogen-bond acceptors (Lipinski definition) is 5. The number of fused-ring (bicyclic) bond motifs is 1. The third-order valence-electron chi connectivity index (χ3n) is 4.64. The van der Waals surface area contributed by atoms with Gasteiger partial charge in [0.15, 0.2) is 6.61 Å². The van der Waals surface area contributed by atoms with Crippen LogP contribution in [-0.2, 0) is 6.54 Å². The van der Waals surface area contributed by atoms with E-state index in [0.717, 1.165) is 27.9 Å². The van der Waals surface area contributed by atoms with E-state index in [9.17, 15) is 4.79 Å². The molecule has 0 aliphatic rings. The molecule has 0 bridgehead atoms. The number of hydrogen-bond donors (Lipinski definition) is 0. The van der Waals surface area contributed by atoms with Gasteiger partial charge < -0.3 is 13.7 Å². The van der Waals surface area contributed by atoms with Gasteiger partial charge in [-0.3, -0.25) is 4.79 Å². The molecule has 4 aromatic rings. The molecule has 0 atom stereocenters. The van der Waals surface area contributed by atoms with Crippen LogP contribution in [0.4, 0.5) is 0 Å². The lowest BCUT2D eigenvalue weighted by Gasteiger charge is -2.09. The SMILES string of the molecule is Cc1cc(C(=O)COc2nncc3ccccc23)c(C)n1Cc1ccco1. The van der Waals surface area contributed by atoms with Crippen molar-refractivity contribution in [3.05, 3.63) is 77.6 Å². The van der Waals surface area contributed by atoms with E-state index in [2.05, 4.69) is 14.8 Å². The first kappa shape index (κ1) is 17.0. The molecule has 0 radical (unpaired) electrons. The molecule has 0 fully saturated rings. The molecule has 0 amide bonds. The van der Waals surface area contributed by atoms with Crippen molar-refractivity contribution in [1.82, 2.24) is 14.8 Å². The lowest BCUT2D eigenvalue weighted by atomic mass is 10.1. The van der Waals surface area contributed by atoms with Crippen molar-refractivity contribution < 1.29 is 13.9 Å². The minimum absolute atomic E-state index is 0.0896. The summed E-state index contributed by atoms with van der Waals surface area (Å²) in [7, 11) is 0. The molecule has 0 N–H and O–H groups in total. The summed E-state index contributed by atoms with van der Waals surface area (Å²) in [6.07, 6.45) is 3.32. The summed E-state index contributed by atoms with van der Waals surface area (Å²) in [5, 5.41) is 9.73. The van der Waals surface area contributed by atoms with Crippen LogP contribution in [0.2, 0.25) is 0 Å². The Morgan fingerprint density at radius 3 is 2.85 bits per heavy atom. The number of rotatable bonds is 6. The van der Waals surface area contributed by atoms with Gasteiger partial charge in [0.2, 0.25) is 11.7 Å². The molecule has 0 saturated heterocycles. The smallest absolute Gasteiger partial charge is 0.241 e. The van der Waals surface area contributed by atoms with Gasteiger partial charge in [0.25, 0.3) is 0 Å². The Morgan fingerprint density at radius 2 is 2.04 bits per heavy atom. The van der Waals surface area contributed by atoms with Gasteiger partial charge in [-0.05, 0) is 38.1 Å². The Bertz CT molecular complexity index is 1090. The highest BCUT2D eigenvalue weighted by Crippen LogP contribution is 2.22. The summed E-state index contributed by atoms with van der Waals surface area (Å²) >= 11 is 0. The molecule has 0 saturated carbocycles. The van der Waals surface area contributed by atoms with Crippen LogP contribution in [0.15, 0.2) is 59.3 Å². The average Bonchev–Trinajstić information content (AvgIpc) is 3.30. The Labute approximate surface area is 156 Å². The van der Waals surface area contributed by atoms with Gasteiger partial charge in [-0.15, -0.1) is 5.10 Å². The Kier molecular flexibility index (Phi) is 4.46. The number of carbonyl (C=O) groups excluding carboxylic acids is 1. The number of furan rings is 1. The van der Waals surface area contributed by atoms with Gasteiger partial charge in [-0.2, -0.15) is 5.10 Å². The first-order chi connectivity index (χ1) is 13.1. The van der Waals surface area contributed by atoms with Crippen LogP contribution in [0.25, 0.3) is 10.8 Å². The zero-order valence-corrected chi connectivity index (χ0v) is 15.2. The number of Topliss-reactive ketones (excluding diaryl/α,β-unsaturated/α-hetero) is 1. The van der Waals surface area contributed by atoms with Crippen molar-refractivity contribution in [3.63, 3.8) is 0 Å². The summed E-state index contributed by atoms with van der Waals surface area (Å²) in [5.41, 5.74) is 2.53. The number of ketones is 1. The second-order valence-corrected chi connectivity index (χ2v) is 6.40. The van der Waals surface area contributed by atoms with E-state index in [-0.39, 0.29) is 12.4 Å². The second kappa shape index (κ2) is 7.07. The number of ether oxygens (including phenoxy) is 1. The molecule has 0 aliphatic heterocycles. The molecule has 1 aromatic carbocycles. The number of benzene rings is 1. The second-order valence-electron chi connectivity index (χ2n) is 6.40. The van der Waals surface area contributed by atoms with Gasteiger partial charge >= 0.3 is 0 Å². The van der Waals surface area contributed by atoms with Crippen molar-refractivity contribution in [2.75, 3.05) is 6.61 Å². The van der Waals surface area contributed by atoms with Crippen LogP contribution < -0.4 is 4.74 Å². The number of aryl methyl sites for hydroxylation is 1. The molecule has 136 valence electrons. The molecule has 3 aromatic heterocycles. The molecular weight excluding hydrogens is 342 g/mol. The molecule has 0 aliphatic carbocycles. The number of nitrogens with zero attached hydrogens (tertiary/aromatic N) is 3. The van der Waals surface area contributed by atoms with E-state index in [0.29, 0.717) is 18.0 Å². The van der Waals surface area contributed by atoms with Crippen LogP contribution in [0, 0.1) is 13.8 Å². The standard InChI is InChI=1S/C21H19N3O3/c1-14-10-19(15(2)24(14)12-17-7-5-9-26-17)20(25)13-27-21-18-8-4-3-6-16(18)11-22-23-21/h3-11H,12-13H2,1-2H3. The third kappa shape index (κ3) is 3.33. The van der Waals surface area contributed by atoms with Crippen LogP contribution in [0.1, 0.15) is 27.5 Å². The van der Waals surface area contributed by atoms with Crippen molar-refractivity contribution in [3.8, 4) is 5.88 Å². The summed E-state index contributed by atoms with van der Waals surface area (Å²) in [6.45, 7) is 4.41. The maximum atomic E-state index is 12.7. The van der Waals surface area contributed by atoms with E-state index >= 15 is 0 Å². The van der Waals surface area contributed by atoms with E-state index in [4.69, 9.17) is 9.15 Å². The van der Waals surface area contributed by atoms with Crippen LogP contribution in [0.5, 0.6) is 5.88 Å². The highest BCUT2D eigenvalue weighted by atomic mass is 16.5. The predicted octanol–water partition coefficient (Wildman–Crippen LogP) is 3.95. The van der Waals surface area contributed by atoms with E-state index in [1.54, 1.807) is 12.5 Å². The summed E-state index contributed by atoms with van der Waals surface area (Å²) in [5.74, 6) is 1.12. The fraction of sp³-hybridized carbons (Fsp3) is 0.190. The van der Waals surface area contributed by atoms with Gasteiger partial charge in [-0.25, -0.2) is 0 Å². The summed E-state index contributed by atoms with van der Waals surface area (Å²) < 4.78 is 13.2. The molecule has 0 unspecified atom stereocenters. The van der Waals surface area contributed by atoms with Crippen LogP contribution >= 0.6 is 0 Å². The van der Waals surface area contributed by atoms with Gasteiger partial charge in [-0.1, -0.05) is 18.2 Å². The first-order valence-corrected chi connectivity index (χ1v) is 8.69. The highest BCUT2D eigenvalue weighted by Gasteiger charge is 2.17. The Balaban J connectivity index is 1.53. The molecule has 6 heteroatoms. The Morgan fingerprint density at radius 1 is 1.19 bits per heavy atom. The quantitative estimate of drug-likeness (QED) is 0.486. The summed E-state index contributed by atoms with van der Waals surface area (Å²) in [4.78, 5) is 12.7. The van der Waals surface area contributed by atoms with Crippen molar-refractivity contribution in [2.24, 2.45) is 0 Å². The largest absolute Gasteiger partial charge is 0.468 e. The predicted molar refractivity (Wildman–Crippen MR) is 101 cm³/mol. The molecule has 6 nitrogen and oxygen atoms in total. The molecule has 27 heavy (non-hydrogen) atoms. The lowest BCUT2D eigenvalue weighted by molar-refractivity contribution is 0.0918. The lowest BCUT2D eigenvalue weighted by Crippen LogP contribution is -2.14. The highest BCUT2D eigenvalue weighted by molar-refractivity contribution is 5.99. The zero-order valence-electron chi connectivity index (χ0n) is 15.2. The monoisotopic (exact) mass is 361 g/mol. The van der Waals surface area contributed by atoms with E-state index in [1.807, 2.05) is 56.3 Å². The molecular formula is C21H19N3O3. The summed E-state index contributed by atoms with van der Waals surface area (Å²) in [6, 6.07) is 13.3. The van der Waals surface area contributed by atoms with E-state index in [1.165, 1.54) is 0 Å². The number of carbonyl (C=O) groups is 1. The van der Waals surface area contributed by atoms with Crippen molar-refractivity contribution in [1.29, 1.82) is 0 Å². The van der Waals surface area contributed by atoms with Gasteiger partial charge in [0.1, 0.15) is 5.76 Å². The van der Waals surface area contributed by atoms with Gasteiger partial charge in [0.05, 0.1) is 19.0 Å². The van der Waals surface area contributed by atoms with Gasteiger partial charge in [0, 0.05) is 27.7 Å². The maximum absolute atomic E-state index is 12.7. The maximum Gasteiger partial charge on any atom is 0.241 e. The zero-order chi connectivity index (χ0) is 18.8. The Hall–Kier alpha value is -3.41. The van der Waals surface area contributed by atoms with Crippen molar-refractivity contribution in [2.45, 2.75) is 20.4 Å². The normalized spacial score (nSPS) is 11.0. The fourth-order valence-electron chi connectivity index (χ4n) is 3.21. The molecule has 4 rings (SSSR count). The minimum atomic E-state index is -0.0940. The molecule has 3 heterocycles. The molecule has 0 spiro atoms. The average molecular weight is 361 g/mol. The fourth-order valence-corrected chi connectivity index (χ4v) is 3.21. The topological polar surface area (TPSA) is 70.2 Å². The number of aromatic nitrogens is 3. The van der Waals surface area contributed by atoms with Crippen LogP contribution in [0.3, 0.4) is 0 Å². The first-order valence-electron chi connectivity index (χ1n) is 8.69. The van der Waals surface area contributed by atoms with Crippen LogP contribution in [-0.4, -0.2) is 27.2 Å². The third-order valence-corrected chi connectivity index (χ3v) is 4.64. The van der Waals surface area contributed by atoms with E-state index < -0.39 is 0 Å². The minimum Gasteiger partial charge on any atom is -0.468 e.